The summed E-state index contributed by atoms with van der Waals surface area (Å²) in [4.78, 5) is 5.94. The summed E-state index contributed by atoms with van der Waals surface area (Å²) in [5, 5.41) is 1.32. The molecule has 0 fully saturated rings. The summed E-state index contributed by atoms with van der Waals surface area (Å²) in [6.45, 7) is 5.41. The van der Waals surface area contributed by atoms with Crippen molar-refractivity contribution in [1.29, 1.82) is 0 Å². The molecule has 3 aromatic rings. The number of H-pyrrole nitrogens is 1. The van der Waals surface area contributed by atoms with Crippen LogP contribution in [0.15, 0.2) is 46.9 Å². The Morgan fingerprint density at radius 2 is 1.96 bits per heavy atom. The summed E-state index contributed by atoms with van der Waals surface area (Å²) in [6, 6.07) is 15.6. The molecule has 1 aliphatic heterocycles. The smallest absolute Gasteiger partial charge is 0.0949 e. The number of rotatable bonds is 3. The predicted octanol–water partition coefficient (Wildman–Crippen LogP) is 5.96. The van der Waals surface area contributed by atoms with Crippen molar-refractivity contribution in [3.05, 3.63) is 69.3 Å². The standard InChI is InChI=1S/C21H21BrN2S/c1-13(2)14-3-5-15(6-4-14)21-20-17(9-10-24(21)12-25)18-11-16(22)7-8-19(18)23-20/h3-8,11-13,21,23H,9-10H2,1-2H3. The van der Waals surface area contributed by atoms with E-state index in [1.165, 1.54) is 33.3 Å². The van der Waals surface area contributed by atoms with Crippen LogP contribution >= 0.6 is 28.1 Å². The van der Waals surface area contributed by atoms with Gasteiger partial charge in [-0.15, -0.1) is 0 Å². The highest BCUT2D eigenvalue weighted by atomic mass is 79.9. The number of fused-ring (bicyclic) bond motifs is 3. The minimum atomic E-state index is 0.161. The molecule has 2 aromatic carbocycles. The van der Waals surface area contributed by atoms with E-state index in [0.717, 1.165) is 17.4 Å². The molecule has 1 N–H and O–H groups in total. The van der Waals surface area contributed by atoms with Gasteiger partial charge in [0, 0.05) is 27.6 Å². The Hall–Kier alpha value is -1.65. The molecule has 2 heterocycles. The maximum atomic E-state index is 5.33. The average molecular weight is 413 g/mol. The van der Waals surface area contributed by atoms with Crippen molar-refractivity contribution in [2.24, 2.45) is 0 Å². The number of thiocarbonyl (C=S) groups is 1. The summed E-state index contributed by atoms with van der Waals surface area (Å²) in [5.74, 6) is 0.544. The van der Waals surface area contributed by atoms with Crippen LogP contribution in [0.2, 0.25) is 0 Å². The molecule has 0 aliphatic carbocycles. The summed E-state index contributed by atoms with van der Waals surface area (Å²) in [7, 11) is 0. The van der Waals surface area contributed by atoms with E-state index in [0.29, 0.717) is 5.92 Å². The van der Waals surface area contributed by atoms with E-state index < -0.39 is 0 Å². The van der Waals surface area contributed by atoms with Crippen molar-refractivity contribution in [1.82, 2.24) is 9.88 Å². The summed E-state index contributed by atoms with van der Waals surface area (Å²) in [5.41, 5.74) is 8.36. The number of aromatic nitrogens is 1. The van der Waals surface area contributed by atoms with Crippen molar-refractivity contribution in [3.63, 3.8) is 0 Å². The molecule has 1 aromatic heterocycles. The second-order valence-corrected chi connectivity index (χ2v) is 8.15. The summed E-state index contributed by atoms with van der Waals surface area (Å²) < 4.78 is 1.12. The highest BCUT2D eigenvalue weighted by Crippen LogP contribution is 2.38. The molecule has 4 rings (SSSR count). The first-order valence-electron chi connectivity index (χ1n) is 8.69. The zero-order chi connectivity index (χ0) is 17.6. The Labute approximate surface area is 162 Å². The lowest BCUT2D eigenvalue weighted by atomic mass is 9.91. The van der Waals surface area contributed by atoms with E-state index in [4.69, 9.17) is 12.2 Å². The quantitative estimate of drug-likeness (QED) is 0.535. The van der Waals surface area contributed by atoms with E-state index in [9.17, 15) is 0 Å². The van der Waals surface area contributed by atoms with E-state index in [2.05, 4.69) is 82.1 Å². The van der Waals surface area contributed by atoms with Crippen molar-refractivity contribution >= 4 is 44.5 Å². The molecule has 25 heavy (non-hydrogen) atoms. The maximum Gasteiger partial charge on any atom is 0.0949 e. The van der Waals surface area contributed by atoms with Crippen LogP contribution in [0.25, 0.3) is 10.9 Å². The fourth-order valence-electron chi connectivity index (χ4n) is 3.81. The van der Waals surface area contributed by atoms with Gasteiger partial charge in [-0.2, -0.15) is 0 Å². The lowest BCUT2D eigenvalue weighted by Gasteiger charge is -2.34. The van der Waals surface area contributed by atoms with E-state index in [-0.39, 0.29) is 6.04 Å². The second kappa shape index (κ2) is 6.58. The van der Waals surface area contributed by atoms with Gasteiger partial charge >= 0.3 is 0 Å². The molecule has 1 aliphatic rings. The van der Waals surface area contributed by atoms with Gasteiger partial charge in [0.15, 0.2) is 0 Å². The number of halogens is 1. The van der Waals surface area contributed by atoms with Gasteiger partial charge in [-0.25, -0.2) is 0 Å². The number of hydrogen-bond donors (Lipinski definition) is 1. The molecule has 2 nitrogen and oxygen atoms in total. The molecular weight excluding hydrogens is 392 g/mol. The topological polar surface area (TPSA) is 19.0 Å². The summed E-state index contributed by atoms with van der Waals surface area (Å²) >= 11 is 8.93. The first-order chi connectivity index (χ1) is 12.1. The molecule has 0 amide bonds. The molecule has 0 spiro atoms. The lowest BCUT2D eigenvalue weighted by Crippen LogP contribution is -2.34. The van der Waals surface area contributed by atoms with Gasteiger partial charge in [0.2, 0.25) is 0 Å². The van der Waals surface area contributed by atoms with Gasteiger partial charge in [-0.1, -0.05) is 66.3 Å². The normalized spacial score (nSPS) is 17.1. The maximum absolute atomic E-state index is 5.33. The SMILES string of the molecule is CC(C)c1ccc(C2c3[nH]c4ccc(Br)cc4c3CCN2C=S)cc1. The van der Waals surface area contributed by atoms with Gasteiger partial charge in [-0.05, 0) is 47.2 Å². The second-order valence-electron chi connectivity index (χ2n) is 7.02. The molecule has 0 saturated carbocycles. The number of aromatic amines is 1. The molecule has 1 unspecified atom stereocenters. The first-order valence-corrected chi connectivity index (χ1v) is 9.96. The molecule has 0 saturated heterocycles. The van der Waals surface area contributed by atoms with Crippen molar-refractivity contribution in [2.45, 2.75) is 32.2 Å². The van der Waals surface area contributed by atoms with Crippen LogP contribution in [0.1, 0.15) is 48.2 Å². The number of hydrogen-bond acceptors (Lipinski definition) is 1. The monoisotopic (exact) mass is 412 g/mol. The zero-order valence-electron chi connectivity index (χ0n) is 14.4. The van der Waals surface area contributed by atoms with E-state index >= 15 is 0 Å². The molecular formula is C21H21BrN2S. The Balaban J connectivity index is 1.86. The molecule has 4 heteroatoms. The number of nitrogens with one attached hydrogen (secondary N) is 1. The third-order valence-corrected chi connectivity index (χ3v) is 5.94. The minimum Gasteiger partial charge on any atom is -0.356 e. The Kier molecular flexibility index (Phi) is 4.42. The van der Waals surface area contributed by atoms with Gasteiger partial charge in [0.1, 0.15) is 0 Å². The largest absolute Gasteiger partial charge is 0.356 e. The fourth-order valence-corrected chi connectivity index (χ4v) is 4.40. The Bertz CT molecular complexity index is 927. The Morgan fingerprint density at radius 3 is 2.64 bits per heavy atom. The van der Waals surface area contributed by atoms with Crippen LogP contribution in [0.5, 0.6) is 0 Å². The van der Waals surface area contributed by atoms with E-state index in [1.807, 2.05) is 5.49 Å². The Morgan fingerprint density at radius 1 is 1.20 bits per heavy atom. The highest BCUT2D eigenvalue weighted by molar-refractivity contribution is 9.10. The fraction of sp³-hybridized carbons (Fsp3) is 0.286. The minimum absolute atomic E-state index is 0.161. The van der Waals surface area contributed by atoms with Gasteiger partial charge in [0.25, 0.3) is 0 Å². The van der Waals surface area contributed by atoms with Gasteiger partial charge < -0.3 is 9.88 Å². The lowest BCUT2D eigenvalue weighted by molar-refractivity contribution is 0.349. The first kappa shape index (κ1) is 16.8. The van der Waals surface area contributed by atoms with Crippen molar-refractivity contribution in [3.8, 4) is 0 Å². The van der Waals surface area contributed by atoms with Crippen molar-refractivity contribution < 1.29 is 0 Å². The molecule has 1 atom stereocenters. The van der Waals surface area contributed by atoms with Crippen LogP contribution in [-0.4, -0.2) is 21.9 Å². The number of benzene rings is 2. The van der Waals surface area contributed by atoms with Gasteiger partial charge in [-0.3, -0.25) is 0 Å². The summed E-state index contributed by atoms with van der Waals surface area (Å²) in [6.07, 6.45) is 1.01. The van der Waals surface area contributed by atoms with Crippen LogP contribution in [-0.2, 0) is 6.42 Å². The predicted molar refractivity (Wildman–Crippen MR) is 112 cm³/mol. The zero-order valence-corrected chi connectivity index (χ0v) is 16.8. The van der Waals surface area contributed by atoms with Crippen molar-refractivity contribution in [2.75, 3.05) is 6.54 Å². The molecule has 128 valence electrons. The van der Waals surface area contributed by atoms with Crippen LogP contribution in [0.3, 0.4) is 0 Å². The van der Waals surface area contributed by atoms with Crippen LogP contribution < -0.4 is 0 Å². The number of nitrogens with zero attached hydrogens (tertiary/aromatic N) is 1. The molecule has 0 radical (unpaired) electrons. The third-order valence-electron chi connectivity index (χ3n) is 5.18. The van der Waals surface area contributed by atoms with E-state index in [1.54, 1.807) is 0 Å². The average Bonchev–Trinajstić information content (AvgIpc) is 2.98. The van der Waals surface area contributed by atoms with Gasteiger partial charge in [0.05, 0.1) is 11.5 Å². The van der Waals surface area contributed by atoms with Crippen LogP contribution in [0, 0.1) is 0 Å². The molecule has 0 bridgehead atoms. The third kappa shape index (κ3) is 2.91. The highest BCUT2D eigenvalue weighted by Gasteiger charge is 2.30. The van der Waals surface area contributed by atoms with Crippen LogP contribution in [0.4, 0.5) is 0 Å².